The van der Waals surface area contributed by atoms with Crippen molar-refractivity contribution in [2.24, 2.45) is 0 Å². The Bertz CT molecular complexity index is 1210. The third kappa shape index (κ3) is 6.11. The van der Waals surface area contributed by atoms with Gasteiger partial charge in [-0.3, -0.25) is 4.79 Å². The van der Waals surface area contributed by atoms with E-state index in [9.17, 15) is 13.2 Å². The van der Waals surface area contributed by atoms with E-state index in [0.29, 0.717) is 16.4 Å². The Morgan fingerprint density at radius 2 is 1.84 bits per heavy atom. The van der Waals surface area contributed by atoms with Crippen LogP contribution in [0.2, 0.25) is 0 Å². The first-order valence-corrected chi connectivity index (χ1v) is 11.5. The number of anilines is 1. The molecule has 3 aromatic rings. The Labute approximate surface area is 184 Å². The molecule has 0 aliphatic rings. The van der Waals surface area contributed by atoms with Crippen LogP contribution in [0.5, 0.6) is 0 Å². The minimum absolute atomic E-state index is 0.0303. The second-order valence-corrected chi connectivity index (χ2v) is 9.20. The van der Waals surface area contributed by atoms with Crippen LogP contribution in [0, 0.1) is 18.3 Å². The van der Waals surface area contributed by atoms with Crippen LogP contribution < -0.4 is 10.0 Å². The molecule has 0 aliphatic carbocycles. The fourth-order valence-corrected chi connectivity index (χ4v) is 4.43. The number of nitrogens with one attached hydrogen (secondary N) is 2. The quantitative estimate of drug-likeness (QED) is 0.396. The Kier molecular flexibility index (Phi) is 7.36. The molecular formula is C21H19N5O3S2. The van der Waals surface area contributed by atoms with E-state index < -0.39 is 10.0 Å². The number of nitrogens with zero attached hydrogens (tertiary/aromatic N) is 3. The first kappa shape index (κ1) is 22.4. The molecule has 3 rings (SSSR count). The van der Waals surface area contributed by atoms with Gasteiger partial charge in [0.15, 0.2) is 5.16 Å². The summed E-state index contributed by atoms with van der Waals surface area (Å²) in [4.78, 5) is 21.9. The lowest BCUT2D eigenvalue weighted by molar-refractivity contribution is 0.102. The Morgan fingerprint density at radius 1 is 1.13 bits per heavy atom. The monoisotopic (exact) mass is 453 g/mol. The summed E-state index contributed by atoms with van der Waals surface area (Å²) in [5.74, 6) is -0.351. The topological polar surface area (TPSA) is 125 Å². The summed E-state index contributed by atoms with van der Waals surface area (Å²) in [6, 6.07) is 14.8. The van der Waals surface area contributed by atoms with E-state index >= 15 is 0 Å². The van der Waals surface area contributed by atoms with Crippen molar-refractivity contribution in [2.45, 2.75) is 28.3 Å². The van der Waals surface area contributed by atoms with Gasteiger partial charge in [-0.25, -0.2) is 23.1 Å². The van der Waals surface area contributed by atoms with Crippen molar-refractivity contribution in [3.8, 4) is 6.07 Å². The molecule has 0 fully saturated rings. The fraction of sp³-hybridized carbons (Fsp3) is 0.143. The van der Waals surface area contributed by atoms with Gasteiger partial charge in [0.25, 0.3) is 5.91 Å². The lowest BCUT2D eigenvalue weighted by Gasteiger charge is -2.11. The third-order valence-electron chi connectivity index (χ3n) is 4.15. The first-order chi connectivity index (χ1) is 14.9. The van der Waals surface area contributed by atoms with Crippen molar-refractivity contribution in [1.82, 2.24) is 14.7 Å². The number of aryl methyl sites for hydroxylation is 1. The van der Waals surface area contributed by atoms with E-state index in [1.807, 2.05) is 25.1 Å². The summed E-state index contributed by atoms with van der Waals surface area (Å²) in [6.45, 7) is 1.92. The molecule has 8 nitrogen and oxygen atoms in total. The highest BCUT2D eigenvalue weighted by Crippen LogP contribution is 2.28. The summed E-state index contributed by atoms with van der Waals surface area (Å²) in [5, 5.41) is 12.0. The van der Waals surface area contributed by atoms with E-state index in [1.54, 1.807) is 24.5 Å². The van der Waals surface area contributed by atoms with Crippen molar-refractivity contribution >= 4 is 33.4 Å². The number of benzene rings is 2. The average molecular weight is 454 g/mol. The van der Waals surface area contributed by atoms with Crippen molar-refractivity contribution < 1.29 is 13.2 Å². The molecule has 158 valence electrons. The number of amides is 1. The van der Waals surface area contributed by atoms with Gasteiger partial charge >= 0.3 is 0 Å². The van der Waals surface area contributed by atoms with Crippen LogP contribution in [0.1, 0.15) is 22.3 Å². The van der Waals surface area contributed by atoms with E-state index in [0.717, 1.165) is 10.5 Å². The van der Waals surface area contributed by atoms with Crippen LogP contribution in [0.25, 0.3) is 0 Å². The molecule has 0 atom stereocenters. The maximum absolute atomic E-state index is 12.6. The number of rotatable bonds is 8. The average Bonchev–Trinajstić information content (AvgIpc) is 2.76. The zero-order valence-corrected chi connectivity index (χ0v) is 18.2. The number of hydrogen-bond acceptors (Lipinski definition) is 7. The molecule has 0 spiro atoms. The summed E-state index contributed by atoms with van der Waals surface area (Å²) < 4.78 is 26.6. The van der Waals surface area contributed by atoms with E-state index in [-0.39, 0.29) is 23.8 Å². The molecule has 0 radical (unpaired) electrons. The molecule has 10 heteroatoms. The molecule has 1 amide bonds. The summed E-state index contributed by atoms with van der Waals surface area (Å²) >= 11 is 1.42. The molecule has 0 unspecified atom stereocenters. The lowest BCUT2D eigenvalue weighted by atomic mass is 10.1. The zero-order chi connectivity index (χ0) is 22.3. The van der Waals surface area contributed by atoms with Crippen LogP contribution in [0.3, 0.4) is 0 Å². The standard InChI is InChI=1S/C21H19N5O3S2/c1-15-14-17(30-21-23-11-3-12-24-21)6-9-19(15)26-20(27)16-4-7-18(8-5-16)31(28,29)25-13-2-10-22/h3-9,11-12,14,25H,2,13H2,1H3,(H,26,27). The Balaban J connectivity index is 1.66. The van der Waals surface area contributed by atoms with Gasteiger partial charge in [-0.1, -0.05) is 0 Å². The first-order valence-electron chi connectivity index (χ1n) is 9.22. The number of aromatic nitrogens is 2. The van der Waals surface area contributed by atoms with Gasteiger partial charge in [-0.2, -0.15) is 5.26 Å². The summed E-state index contributed by atoms with van der Waals surface area (Å²) in [5.41, 5.74) is 1.85. The van der Waals surface area contributed by atoms with E-state index in [1.165, 1.54) is 36.0 Å². The SMILES string of the molecule is Cc1cc(Sc2ncccn2)ccc1NC(=O)c1ccc(S(=O)(=O)NCCC#N)cc1. The van der Waals surface area contributed by atoms with Crippen LogP contribution in [0.15, 0.2) is 75.9 Å². The molecule has 0 aliphatic heterocycles. The lowest BCUT2D eigenvalue weighted by Crippen LogP contribution is -2.24. The number of nitriles is 1. The number of hydrogen-bond donors (Lipinski definition) is 2. The van der Waals surface area contributed by atoms with Crippen molar-refractivity contribution in [1.29, 1.82) is 5.26 Å². The molecule has 2 aromatic carbocycles. The highest BCUT2D eigenvalue weighted by Gasteiger charge is 2.15. The second kappa shape index (κ2) is 10.2. The van der Waals surface area contributed by atoms with Crippen LogP contribution in [0.4, 0.5) is 5.69 Å². The van der Waals surface area contributed by atoms with E-state index in [2.05, 4.69) is 20.0 Å². The van der Waals surface area contributed by atoms with Crippen molar-refractivity contribution in [2.75, 3.05) is 11.9 Å². The van der Waals surface area contributed by atoms with Crippen LogP contribution in [-0.2, 0) is 10.0 Å². The number of carbonyl (C=O) groups is 1. The maximum atomic E-state index is 12.6. The zero-order valence-electron chi connectivity index (χ0n) is 16.6. The maximum Gasteiger partial charge on any atom is 0.255 e. The molecule has 0 bridgehead atoms. The third-order valence-corrected chi connectivity index (χ3v) is 6.51. The highest BCUT2D eigenvalue weighted by atomic mass is 32.2. The van der Waals surface area contributed by atoms with Gasteiger partial charge < -0.3 is 5.32 Å². The second-order valence-electron chi connectivity index (χ2n) is 6.39. The predicted octanol–water partition coefficient (Wildman–Crippen LogP) is 3.38. The Morgan fingerprint density at radius 3 is 2.48 bits per heavy atom. The number of sulfonamides is 1. The fourth-order valence-electron chi connectivity index (χ4n) is 2.59. The van der Waals surface area contributed by atoms with E-state index in [4.69, 9.17) is 5.26 Å². The van der Waals surface area contributed by atoms with Gasteiger partial charge in [-0.05, 0) is 72.8 Å². The molecule has 1 heterocycles. The van der Waals surface area contributed by atoms with Crippen molar-refractivity contribution in [3.63, 3.8) is 0 Å². The minimum Gasteiger partial charge on any atom is -0.322 e. The van der Waals surface area contributed by atoms with Crippen LogP contribution in [-0.4, -0.2) is 30.8 Å². The summed E-state index contributed by atoms with van der Waals surface area (Å²) in [6.07, 6.45) is 3.43. The molecule has 0 saturated carbocycles. The Hall–Kier alpha value is -3.26. The minimum atomic E-state index is -3.72. The van der Waals surface area contributed by atoms with Gasteiger partial charge in [0.2, 0.25) is 10.0 Å². The molecule has 31 heavy (non-hydrogen) atoms. The smallest absolute Gasteiger partial charge is 0.255 e. The van der Waals surface area contributed by atoms with Gasteiger partial charge in [0.1, 0.15) is 0 Å². The van der Waals surface area contributed by atoms with Gasteiger partial charge in [-0.15, -0.1) is 0 Å². The summed E-state index contributed by atoms with van der Waals surface area (Å²) in [7, 11) is -3.72. The normalized spacial score (nSPS) is 11.0. The molecule has 1 aromatic heterocycles. The van der Waals surface area contributed by atoms with Crippen molar-refractivity contribution in [3.05, 3.63) is 72.1 Å². The molecule has 0 saturated heterocycles. The highest BCUT2D eigenvalue weighted by molar-refractivity contribution is 7.99. The molecule has 2 N–H and O–H groups in total. The molecular weight excluding hydrogens is 434 g/mol. The van der Waals surface area contributed by atoms with Gasteiger partial charge in [0, 0.05) is 41.5 Å². The predicted molar refractivity (Wildman–Crippen MR) is 117 cm³/mol. The largest absolute Gasteiger partial charge is 0.322 e. The van der Waals surface area contributed by atoms with Gasteiger partial charge in [0.05, 0.1) is 11.0 Å². The number of carbonyl (C=O) groups excluding carboxylic acids is 1. The van der Waals surface area contributed by atoms with Crippen LogP contribution >= 0.6 is 11.8 Å².